The molecule has 1 fully saturated rings. The summed E-state index contributed by atoms with van der Waals surface area (Å²) in [6, 6.07) is 4.37. The largest absolute Gasteiger partial charge is 0.491 e. The Morgan fingerprint density at radius 2 is 1.94 bits per heavy atom. The zero-order valence-electron chi connectivity index (χ0n) is 18.7. The van der Waals surface area contributed by atoms with Crippen LogP contribution in [0.15, 0.2) is 18.2 Å². The quantitative estimate of drug-likeness (QED) is 0.273. The second-order valence-corrected chi connectivity index (χ2v) is 7.11. The number of amides is 1. The van der Waals surface area contributed by atoms with Gasteiger partial charge in [0, 0.05) is 13.0 Å². The Morgan fingerprint density at radius 1 is 1.23 bits per heavy atom. The van der Waals surface area contributed by atoms with E-state index in [0.29, 0.717) is 43.1 Å². The number of hydrogen-bond acceptors (Lipinski definition) is 7. The number of likely N-dealkylation sites (N-methyl/N-ethyl adjacent to an activating group) is 1. The van der Waals surface area contributed by atoms with E-state index < -0.39 is 12.0 Å². The normalized spacial score (nSPS) is 15.1. The summed E-state index contributed by atoms with van der Waals surface area (Å²) in [7, 11) is 0. The van der Waals surface area contributed by atoms with Crippen molar-refractivity contribution in [2.24, 2.45) is 0 Å². The minimum absolute atomic E-state index is 0.164. The van der Waals surface area contributed by atoms with E-state index in [1.54, 1.807) is 18.2 Å². The third-order valence-corrected chi connectivity index (χ3v) is 4.83. The Kier molecular flexibility index (Phi) is 12.0. The van der Waals surface area contributed by atoms with Crippen LogP contribution in [0.5, 0.6) is 5.75 Å². The van der Waals surface area contributed by atoms with Crippen LogP contribution in [-0.2, 0) is 14.3 Å². The lowest BCUT2D eigenvalue weighted by Crippen LogP contribution is -2.32. The molecule has 1 aromatic carbocycles. The smallest absolute Gasteiger partial charge is 0.338 e. The van der Waals surface area contributed by atoms with Crippen LogP contribution < -0.4 is 15.8 Å². The molecule has 0 radical (unpaired) electrons. The summed E-state index contributed by atoms with van der Waals surface area (Å²) in [6.07, 6.45) is 2.77. The number of hydrogen-bond donors (Lipinski definition) is 3. The summed E-state index contributed by atoms with van der Waals surface area (Å²) in [5.41, 5.74) is 6.87. The van der Waals surface area contributed by atoms with Crippen LogP contribution in [0.25, 0.3) is 0 Å². The summed E-state index contributed by atoms with van der Waals surface area (Å²) in [6.45, 7) is 9.90. The van der Waals surface area contributed by atoms with E-state index in [0.717, 1.165) is 32.5 Å². The fourth-order valence-electron chi connectivity index (χ4n) is 2.80. The van der Waals surface area contributed by atoms with Crippen molar-refractivity contribution in [3.8, 4) is 5.75 Å². The van der Waals surface area contributed by atoms with Crippen molar-refractivity contribution in [3.63, 3.8) is 0 Å². The van der Waals surface area contributed by atoms with Gasteiger partial charge in [-0.3, -0.25) is 4.79 Å². The molecule has 0 spiro atoms. The summed E-state index contributed by atoms with van der Waals surface area (Å²) in [4.78, 5) is 34.8. The molecule has 1 aromatic rings. The van der Waals surface area contributed by atoms with Gasteiger partial charge in [-0.2, -0.15) is 0 Å². The van der Waals surface area contributed by atoms with Crippen molar-refractivity contribution in [1.82, 2.24) is 10.2 Å². The number of unbranched alkanes of at least 4 members (excludes halogenated alkanes) is 1. The molecular weight excluding hydrogens is 402 g/mol. The number of ether oxygens (including phenoxy) is 2. The second-order valence-electron chi connectivity index (χ2n) is 7.11. The van der Waals surface area contributed by atoms with E-state index in [-0.39, 0.29) is 11.9 Å². The summed E-state index contributed by atoms with van der Waals surface area (Å²) in [5, 5.41) is 10.6. The Balaban J connectivity index is 0.000000442. The summed E-state index contributed by atoms with van der Waals surface area (Å²) >= 11 is 0. The van der Waals surface area contributed by atoms with E-state index in [2.05, 4.69) is 31.0 Å². The zero-order valence-corrected chi connectivity index (χ0v) is 18.7. The average Bonchev–Trinajstić information content (AvgIpc) is 3.20. The number of nitrogen functional groups attached to an aromatic ring is 1. The van der Waals surface area contributed by atoms with E-state index in [1.807, 2.05) is 0 Å². The van der Waals surface area contributed by atoms with Gasteiger partial charge in [0.15, 0.2) is 0 Å². The molecule has 4 N–H and O–H groups in total. The monoisotopic (exact) mass is 437 g/mol. The zero-order chi connectivity index (χ0) is 23.2. The molecule has 0 bridgehead atoms. The number of anilines is 1. The number of rotatable bonds is 11. The van der Waals surface area contributed by atoms with Crippen molar-refractivity contribution >= 4 is 23.5 Å². The van der Waals surface area contributed by atoms with Crippen molar-refractivity contribution < 1.29 is 29.0 Å². The maximum atomic E-state index is 12.1. The number of nitrogens with zero attached hydrogens (tertiary/aromatic N) is 1. The lowest BCUT2D eigenvalue weighted by atomic mass is 10.2. The Bertz CT molecular complexity index is 721. The first-order chi connectivity index (χ1) is 14.8. The first kappa shape index (κ1) is 26.2. The highest BCUT2D eigenvalue weighted by atomic mass is 16.5. The van der Waals surface area contributed by atoms with Gasteiger partial charge < -0.3 is 30.5 Å². The standard InChI is InChI=1S/C17H28N2O3.C5H7NO3/c1-4-7-11-21-16-13-14(8-9-15(16)18)17(20)22-12-10-19(5-2)6-3;7-4-2-1-3(6-4)5(8)9/h8-9,13H,4-7,10-12,18H2,1-3H3;3H,1-2H2,(H,6,7)(H,8,9)/t;3-/m.0/s1. The number of aliphatic carboxylic acids is 1. The number of carbonyl (C=O) groups is 3. The lowest BCUT2D eigenvalue weighted by Gasteiger charge is -2.17. The molecule has 1 aliphatic rings. The first-order valence-corrected chi connectivity index (χ1v) is 10.8. The number of esters is 1. The lowest BCUT2D eigenvalue weighted by molar-refractivity contribution is -0.140. The van der Waals surface area contributed by atoms with Gasteiger partial charge in [-0.05, 0) is 44.1 Å². The van der Waals surface area contributed by atoms with Gasteiger partial charge in [0.2, 0.25) is 5.91 Å². The number of carboxylic acids is 1. The third kappa shape index (κ3) is 9.69. The number of nitrogens with one attached hydrogen (secondary N) is 1. The molecule has 0 unspecified atom stereocenters. The minimum atomic E-state index is -0.944. The molecule has 0 aliphatic carbocycles. The summed E-state index contributed by atoms with van der Waals surface area (Å²) < 4.78 is 10.9. The molecule has 1 amide bonds. The predicted octanol–water partition coefficient (Wildman–Crippen LogP) is 2.30. The van der Waals surface area contributed by atoms with Crippen LogP contribution in [-0.4, -0.2) is 66.7 Å². The maximum absolute atomic E-state index is 12.1. The molecule has 9 nitrogen and oxygen atoms in total. The molecule has 2 rings (SSSR count). The van der Waals surface area contributed by atoms with Crippen LogP contribution >= 0.6 is 0 Å². The SMILES string of the molecule is CCCCOc1cc(C(=O)OCCN(CC)CC)ccc1N.O=C1CC[C@@H](C(=O)O)N1. The second kappa shape index (κ2) is 14.2. The van der Waals surface area contributed by atoms with Crippen molar-refractivity contribution in [1.29, 1.82) is 0 Å². The molecule has 31 heavy (non-hydrogen) atoms. The predicted molar refractivity (Wildman–Crippen MR) is 118 cm³/mol. The highest BCUT2D eigenvalue weighted by Gasteiger charge is 2.26. The van der Waals surface area contributed by atoms with Gasteiger partial charge in [-0.25, -0.2) is 9.59 Å². The third-order valence-electron chi connectivity index (χ3n) is 4.83. The molecule has 1 heterocycles. The van der Waals surface area contributed by atoms with E-state index in [9.17, 15) is 14.4 Å². The highest BCUT2D eigenvalue weighted by Crippen LogP contribution is 2.23. The van der Waals surface area contributed by atoms with E-state index in [4.69, 9.17) is 20.3 Å². The van der Waals surface area contributed by atoms with Crippen molar-refractivity contribution in [3.05, 3.63) is 23.8 Å². The topological polar surface area (TPSA) is 131 Å². The molecule has 0 aromatic heterocycles. The van der Waals surface area contributed by atoms with Gasteiger partial charge in [0.05, 0.1) is 17.9 Å². The Labute approximate surface area is 183 Å². The molecule has 1 saturated heterocycles. The number of carbonyl (C=O) groups excluding carboxylic acids is 2. The minimum Gasteiger partial charge on any atom is -0.491 e. The van der Waals surface area contributed by atoms with E-state index >= 15 is 0 Å². The van der Waals surface area contributed by atoms with E-state index in [1.165, 1.54) is 0 Å². The fraction of sp³-hybridized carbons (Fsp3) is 0.591. The number of benzene rings is 1. The summed E-state index contributed by atoms with van der Waals surface area (Å²) in [5.74, 6) is -0.901. The molecule has 1 aliphatic heterocycles. The number of carboxylic acid groups (broad SMARTS) is 1. The van der Waals surface area contributed by atoms with Crippen LogP contribution in [0.4, 0.5) is 5.69 Å². The Morgan fingerprint density at radius 3 is 2.45 bits per heavy atom. The van der Waals surface area contributed by atoms with Gasteiger partial charge in [-0.15, -0.1) is 0 Å². The maximum Gasteiger partial charge on any atom is 0.338 e. The highest BCUT2D eigenvalue weighted by molar-refractivity contribution is 5.90. The van der Waals surface area contributed by atoms with Crippen LogP contribution in [0, 0.1) is 0 Å². The first-order valence-electron chi connectivity index (χ1n) is 10.8. The van der Waals surface area contributed by atoms with Crippen LogP contribution in [0.1, 0.15) is 56.8 Å². The molecule has 174 valence electrons. The fourth-order valence-corrected chi connectivity index (χ4v) is 2.80. The van der Waals surface area contributed by atoms with Gasteiger partial charge in [0.25, 0.3) is 0 Å². The van der Waals surface area contributed by atoms with Gasteiger partial charge in [0.1, 0.15) is 18.4 Å². The van der Waals surface area contributed by atoms with Gasteiger partial charge >= 0.3 is 11.9 Å². The molecule has 1 atom stereocenters. The molecular formula is C22H35N3O6. The van der Waals surface area contributed by atoms with Crippen molar-refractivity contribution in [2.45, 2.75) is 52.5 Å². The van der Waals surface area contributed by atoms with Gasteiger partial charge in [-0.1, -0.05) is 27.2 Å². The molecule has 9 heteroatoms. The molecule has 0 saturated carbocycles. The number of nitrogens with two attached hydrogens (primary N) is 1. The Hall–Kier alpha value is -2.81. The average molecular weight is 438 g/mol. The van der Waals surface area contributed by atoms with Crippen LogP contribution in [0.2, 0.25) is 0 Å². The van der Waals surface area contributed by atoms with Crippen molar-refractivity contribution in [2.75, 3.05) is 38.6 Å². The van der Waals surface area contributed by atoms with Crippen LogP contribution in [0.3, 0.4) is 0 Å².